The second-order valence-electron chi connectivity index (χ2n) is 3.00. The Morgan fingerprint density at radius 2 is 1.85 bits per heavy atom. The molecule has 0 saturated heterocycles. The van der Waals surface area contributed by atoms with Gasteiger partial charge in [-0.3, -0.25) is 4.79 Å². The van der Waals surface area contributed by atoms with Crippen molar-refractivity contribution in [3.8, 4) is 0 Å². The second-order valence-corrected chi connectivity index (χ2v) is 3.00. The van der Waals surface area contributed by atoms with Crippen molar-refractivity contribution in [2.24, 2.45) is 9.98 Å². The second kappa shape index (κ2) is 2.65. The van der Waals surface area contributed by atoms with Gasteiger partial charge in [-0.25, -0.2) is 9.98 Å². The van der Waals surface area contributed by atoms with Gasteiger partial charge in [0.2, 0.25) is 12.2 Å². The zero-order chi connectivity index (χ0) is 9.31. The minimum absolute atomic E-state index is 0.610. The van der Waals surface area contributed by atoms with E-state index in [0.717, 1.165) is 10.7 Å². The molecule has 2 rings (SSSR count). The number of rotatable bonds is 2. The summed E-state index contributed by atoms with van der Waals surface area (Å²) in [7, 11) is 0. The van der Waals surface area contributed by atoms with Crippen molar-refractivity contribution < 1.29 is 4.79 Å². The molecule has 0 bridgehead atoms. The Balaban J connectivity index is 2.56. The molecule has 13 heavy (non-hydrogen) atoms. The highest BCUT2D eigenvalue weighted by Crippen LogP contribution is 2.06. The lowest BCUT2D eigenvalue weighted by Crippen LogP contribution is -2.36. The predicted octanol–water partition coefficient (Wildman–Crippen LogP) is -0.641. The Morgan fingerprint density at radius 1 is 1.31 bits per heavy atom. The molecule has 66 valence electrons. The minimum Gasteiger partial charge on any atom is -0.316 e. The first kappa shape index (κ1) is 7.91. The number of carbonyl (C=O) groups is 1. The normalized spacial score (nSPS) is 16.7. The Morgan fingerprint density at radius 3 is 2.31 bits per heavy atom. The number of para-hydroxylation sites is 2. The van der Waals surface area contributed by atoms with Gasteiger partial charge >= 0.3 is 0 Å². The lowest BCUT2D eigenvalue weighted by Gasteiger charge is -2.14. The van der Waals surface area contributed by atoms with Crippen LogP contribution in [0.15, 0.2) is 34.3 Å². The van der Waals surface area contributed by atoms with Crippen LogP contribution in [0.2, 0.25) is 0 Å². The molecule has 1 aromatic rings. The molecular weight excluding hydrogens is 166 g/mol. The first-order valence-corrected chi connectivity index (χ1v) is 4.00. The van der Waals surface area contributed by atoms with E-state index in [-0.39, 0.29) is 0 Å². The Kier molecular flexibility index (Phi) is 1.62. The van der Waals surface area contributed by atoms with Crippen molar-refractivity contribution in [3.05, 3.63) is 35.0 Å². The van der Waals surface area contributed by atoms with E-state index in [1.165, 1.54) is 0 Å². The highest BCUT2D eigenvalue weighted by Gasteiger charge is 2.23. The molecule has 0 spiro atoms. The summed E-state index contributed by atoms with van der Waals surface area (Å²) >= 11 is 0. The Bertz CT molecular complexity index is 417. The lowest BCUT2D eigenvalue weighted by molar-refractivity contribution is -0.110. The highest BCUT2D eigenvalue weighted by atomic mass is 16.1. The van der Waals surface area contributed by atoms with Crippen LogP contribution in [-0.4, -0.2) is 12.2 Å². The fraction of sp³-hybridized carbons (Fsp3) is 0.222. The maximum absolute atomic E-state index is 10.3. The monoisotopic (exact) mass is 175 g/mol. The predicted molar refractivity (Wildman–Crippen MR) is 46.4 cm³/mol. The average Bonchev–Trinajstić information content (AvgIpc) is 2.40. The van der Waals surface area contributed by atoms with Crippen LogP contribution in [0.4, 0.5) is 0 Å². The van der Waals surface area contributed by atoms with E-state index in [0.29, 0.717) is 6.41 Å². The standard InChI is InChI=1S/C9H9N3O/c1-9(10-6-13)11-7-4-2-3-5-8(7)12-9/h2-6H,1H3,(H,10,13). The number of amides is 1. The number of carbonyl (C=O) groups excluding carboxylic acids is 1. The molecule has 1 heterocycles. The molecule has 0 saturated carbocycles. The largest absolute Gasteiger partial charge is 0.316 e. The maximum atomic E-state index is 10.3. The van der Waals surface area contributed by atoms with Gasteiger partial charge in [0.15, 0.2) is 0 Å². The minimum atomic E-state index is -0.814. The van der Waals surface area contributed by atoms with E-state index < -0.39 is 5.79 Å². The summed E-state index contributed by atoms with van der Waals surface area (Å²) in [5.41, 5.74) is 0. The van der Waals surface area contributed by atoms with Crippen molar-refractivity contribution in [1.29, 1.82) is 0 Å². The van der Waals surface area contributed by atoms with Crippen LogP contribution in [0.1, 0.15) is 6.92 Å². The Labute approximate surface area is 75.0 Å². The van der Waals surface area contributed by atoms with E-state index >= 15 is 0 Å². The fourth-order valence-corrected chi connectivity index (χ4v) is 1.32. The summed E-state index contributed by atoms with van der Waals surface area (Å²) in [6.07, 6.45) is 0.610. The molecule has 0 unspecified atom stereocenters. The molecule has 0 aromatic heterocycles. The third-order valence-electron chi connectivity index (χ3n) is 1.89. The first-order valence-electron chi connectivity index (χ1n) is 4.00. The molecular formula is C9H9N3O. The number of nitrogens with zero attached hydrogens (tertiary/aromatic N) is 2. The molecule has 4 heteroatoms. The van der Waals surface area contributed by atoms with E-state index in [9.17, 15) is 4.79 Å². The van der Waals surface area contributed by atoms with Crippen molar-refractivity contribution >= 4 is 6.41 Å². The van der Waals surface area contributed by atoms with Crippen molar-refractivity contribution in [3.63, 3.8) is 0 Å². The van der Waals surface area contributed by atoms with E-state index in [2.05, 4.69) is 15.3 Å². The van der Waals surface area contributed by atoms with Gasteiger partial charge in [0.1, 0.15) is 0 Å². The van der Waals surface area contributed by atoms with Gasteiger partial charge in [0.25, 0.3) is 0 Å². The summed E-state index contributed by atoms with van der Waals surface area (Å²) in [5.74, 6) is -0.814. The highest BCUT2D eigenvalue weighted by molar-refractivity contribution is 5.47. The summed E-state index contributed by atoms with van der Waals surface area (Å²) in [5, 5.41) is 4.19. The van der Waals surface area contributed by atoms with Gasteiger partial charge in [-0.05, 0) is 12.1 Å². The van der Waals surface area contributed by atoms with Crippen LogP contribution in [0.5, 0.6) is 0 Å². The zero-order valence-electron chi connectivity index (χ0n) is 7.19. The molecule has 4 nitrogen and oxygen atoms in total. The van der Waals surface area contributed by atoms with Crippen LogP contribution in [0.3, 0.4) is 0 Å². The van der Waals surface area contributed by atoms with Gasteiger partial charge in [-0.15, -0.1) is 0 Å². The molecule has 1 aliphatic rings. The number of benzene rings is 1. The van der Waals surface area contributed by atoms with Gasteiger partial charge in [-0.2, -0.15) is 0 Å². The Hall–Kier alpha value is -1.71. The topological polar surface area (TPSA) is 53.8 Å². The van der Waals surface area contributed by atoms with Gasteiger partial charge in [0.05, 0.1) is 10.7 Å². The third-order valence-corrected chi connectivity index (χ3v) is 1.89. The molecule has 0 aliphatic carbocycles. The van der Waals surface area contributed by atoms with Crippen LogP contribution in [0.25, 0.3) is 0 Å². The summed E-state index contributed by atoms with van der Waals surface area (Å²) in [6.45, 7) is 1.75. The molecule has 1 aliphatic heterocycles. The van der Waals surface area contributed by atoms with Gasteiger partial charge in [-0.1, -0.05) is 12.1 Å². The van der Waals surface area contributed by atoms with Crippen LogP contribution in [-0.2, 0) is 4.79 Å². The molecule has 1 aromatic carbocycles. The van der Waals surface area contributed by atoms with Crippen molar-refractivity contribution in [2.75, 3.05) is 0 Å². The lowest BCUT2D eigenvalue weighted by atomic mass is 10.3. The van der Waals surface area contributed by atoms with Gasteiger partial charge < -0.3 is 5.32 Å². The number of hydrogen-bond acceptors (Lipinski definition) is 3. The van der Waals surface area contributed by atoms with E-state index in [1.807, 2.05) is 24.3 Å². The maximum Gasteiger partial charge on any atom is 0.225 e. The fourth-order valence-electron chi connectivity index (χ4n) is 1.32. The van der Waals surface area contributed by atoms with E-state index in [1.54, 1.807) is 6.92 Å². The van der Waals surface area contributed by atoms with Crippen molar-refractivity contribution in [2.45, 2.75) is 12.7 Å². The third kappa shape index (κ3) is 1.30. The molecule has 0 radical (unpaired) electrons. The first-order chi connectivity index (χ1) is 6.23. The number of fused-ring (bicyclic) bond motifs is 1. The molecule has 0 atom stereocenters. The van der Waals surface area contributed by atoms with Gasteiger partial charge in [0, 0.05) is 6.92 Å². The van der Waals surface area contributed by atoms with Crippen LogP contribution in [0, 0.1) is 0 Å². The van der Waals surface area contributed by atoms with Crippen LogP contribution >= 0.6 is 0 Å². The SMILES string of the molecule is CC1(NC=O)N=c2ccccc2=N1. The van der Waals surface area contributed by atoms with Crippen LogP contribution < -0.4 is 16.0 Å². The summed E-state index contributed by atoms with van der Waals surface area (Å²) in [4.78, 5) is 18.8. The smallest absolute Gasteiger partial charge is 0.225 e. The number of hydrogen-bond donors (Lipinski definition) is 1. The zero-order valence-corrected chi connectivity index (χ0v) is 7.19. The van der Waals surface area contributed by atoms with Crippen molar-refractivity contribution in [1.82, 2.24) is 5.32 Å². The molecule has 0 fully saturated rings. The average molecular weight is 175 g/mol. The summed E-state index contributed by atoms with van der Waals surface area (Å²) < 4.78 is 0. The molecule has 1 N–H and O–H groups in total. The quantitative estimate of drug-likeness (QED) is 0.597. The number of nitrogens with one attached hydrogen (secondary N) is 1. The van der Waals surface area contributed by atoms with E-state index in [4.69, 9.17) is 0 Å². The summed E-state index contributed by atoms with van der Waals surface area (Å²) in [6, 6.07) is 7.53. The molecule has 1 amide bonds.